The minimum Gasteiger partial charge on any atom is -0.467 e. The zero-order valence-electron chi connectivity index (χ0n) is 12.4. The first-order valence-corrected chi connectivity index (χ1v) is 6.60. The molecule has 5 nitrogen and oxygen atoms in total. The standard InChI is InChI=1S/C14H11F6NO4/c1-24-11(22)10-6-9(21-25-10)7-2-4-8(5-3-7)12(23,13(15,16)17)14(18,19)20/h2-6,10,21,23H,1H3. The summed E-state index contributed by atoms with van der Waals surface area (Å²) >= 11 is 0. The van der Waals surface area contributed by atoms with Crippen molar-refractivity contribution in [3.05, 3.63) is 41.5 Å². The van der Waals surface area contributed by atoms with Crippen LogP contribution < -0.4 is 5.48 Å². The minimum atomic E-state index is -5.96. The van der Waals surface area contributed by atoms with Crippen molar-refractivity contribution < 1.29 is 45.8 Å². The van der Waals surface area contributed by atoms with Crippen molar-refractivity contribution in [3.63, 3.8) is 0 Å². The van der Waals surface area contributed by atoms with E-state index < -0.39 is 35.6 Å². The fraction of sp³-hybridized carbons (Fsp3) is 0.357. The molecular formula is C14H11F6NO4. The van der Waals surface area contributed by atoms with Gasteiger partial charge in [0.25, 0.3) is 5.60 Å². The summed E-state index contributed by atoms with van der Waals surface area (Å²) in [6.07, 6.45) is -11.8. The van der Waals surface area contributed by atoms with E-state index in [0.717, 1.165) is 19.2 Å². The number of hydrogen-bond acceptors (Lipinski definition) is 5. The van der Waals surface area contributed by atoms with Crippen LogP contribution >= 0.6 is 0 Å². The maximum atomic E-state index is 12.8. The number of aliphatic hydroxyl groups is 1. The van der Waals surface area contributed by atoms with E-state index in [0.29, 0.717) is 12.1 Å². The number of hydroxylamine groups is 1. The Kier molecular flexibility index (Phi) is 4.75. The van der Waals surface area contributed by atoms with Crippen LogP contribution in [-0.2, 0) is 20.0 Å². The smallest absolute Gasteiger partial charge is 0.430 e. The lowest BCUT2D eigenvalue weighted by Gasteiger charge is -2.32. The molecule has 1 heterocycles. The van der Waals surface area contributed by atoms with Crippen LogP contribution in [0.15, 0.2) is 30.3 Å². The van der Waals surface area contributed by atoms with Crippen molar-refractivity contribution in [1.82, 2.24) is 5.48 Å². The lowest BCUT2D eigenvalue weighted by atomic mass is 9.91. The number of carbonyl (C=O) groups is 1. The molecule has 0 bridgehead atoms. The second-order valence-electron chi connectivity index (χ2n) is 5.03. The predicted molar refractivity (Wildman–Crippen MR) is 70.5 cm³/mol. The number of halogens is 6. The lowest BCUT2D eigenvalue weighted by molar-refractivity contribution is -0.376. The molecule has 25 heavy (non-hydrogen) atoms. The van der Waals surface area contributed by atoms with E-state index in [1.807, 2.05) is 0 Å². The zero-order chi connectivity index (χ0) is 19.0. The molecule has 0 saturated heterocycles. The Morgan fingerprint density at radius 1 is 1.12 bits per heavy atom. The van der Waals surface area contributed by atoms with Gasteiger partial charge < -0.3 is 9.84 Å². The van der Waals surface area contributed by atoms with Gasteiger partial charge >= 0.3 is 18.3 Å². The van der Waals surface area contributed by atoms with Gasteiger partial charge in [-0.2, -0.15) is 26.3 Å². The number of hydrogen-bond donors (Lipinski definition) is 2. The average molecular weight is 371 g/mol. The summed E-state index contributed by atoms with van der Waals surface area (Å²) in [4.78, 5) is 16.1. The van der Waals surface area contributed by atoms with Crippen LogP contribution in [0.2, 0.25) is 0 Å². The molecule has 11 heteroatoms. The second kappa shape index (κ2) is 6.23. The van der Waals surface area contributed by atoms with Gasteiger partial charge in [-0.3, -0.25) is 10.3 Å². The third-order valence-electron chi connectivity index (χ3n) is 3.48. The molecule has 138 valence electrons. The summed E-state index contributed by atoms with van der Waals surface area (Å²) in [5.41, 5.74) is -3.79. The summed E-state index contributed by atoms with van der Waals surface area (Å²) in [5.74, 6) is -0.748. The predicted octanol–water partition coefficient (Wildman–Crippen LogP) is 2.42. The molecule has 0 radical (unpaired) electrons. The van der Waals surface area contributed by atoms with E-state index in [2.05, 4.69) is 10.2 Å². The highest BCUT2D eigenvalue weighted by Crippen LogP contribution is 2.50. The van der Waals surface area contributed by atoms with Crippen molar-refractivity contribution >= 4 is 11.7 Å². The zero-order valence-corrected chi connectivity index (χ0v) is 12.4. The summed E-state index contributed by atoms with van der Waals surface area (Å²) in [5, 5.41) is 9.29. The van der Waals surface area contributed by atoms with Gasteiger partial charge in [-0.1, -0.05) is 24.3 Å². The molecule has 1 aliphatic rings. The monoisotopic (exact) mass is 371 g/mol. The maximum absolute atomic E-state index is 12.8. The van der Waals surface area contributed by atoms with Gasteiger partial charge in [-0.15, -0.1) is 0 Å². The SMILES string of the molecule is COC(=O)C1C=C(c2ccc(C(O)(C(F)(F)F)C(F)(F)F)cc2)NO1. The fourth-order valence-corrected chi connectivity index (χ4v) is 2.11. The number of alkyl halides is 6. The topological polar surface area (TPSA) is 67.8 Å². The molecule has 1 aliphatic heterocycles. The lowest BCUT2D eigenvalue weighted by Crippen LogP contribution is -2.53. The van der Waals surface area contributed by atoms with Crippen molar-refractivity contribution in [2.45, 2.75) is 24.1 Å². The molecule has 0 saturated carbocycles. The van der Waals surface area contributed by atoms with E-state index >= 15 is 0 Å². The van der Waals surface area contributed by atoms with Gasteiger partial charge in [-0.25, -0.2) is 4.79 Å². The number of benzene rings is 1. The Hall–Kier alpha value is -2.27. The number of esters is 1. The van der Waals surface area contributed by atoms with E-state index in [1.165, 1.54) is 6.08 Å². The Balaban J connectivity index is 2.35. The van der Waals surface area contributed by atoms with Crippen molar-refractivity contribution in [1.29, 1.82) is 0 Å². The molecule has 1 atom stereocenters. The van der Waals surface area contributed by atoms with Crippen molar-refractivity contribution in [3.8, 4) is 0 Å². The van der Waals surface area contributed by atoms with Crippen LogP contribution in [0.4, 0.5) is 26.3 Å². The molecule has 1 aromatic rings. The summed E-state index contributed by atoms with van der Waals surface area (Å²) < 4.78 is 81.2. The minimum absolute atomic E-state index is 0.141. The van der Waals surface area contributed by atoms with Gasteiger partial charge in [0.15, 0.2) is 0 Å². The maximum Gasteiger partial charge on any atom is 0.430 e. The third kappa shape index (κ3) is 3.29. The van der Waals surface area contributed by atoms with Gasteiger partial charge in [0, 0.05) is 5.56 Å². The number of nitrogens with one attached hydrogen (secondary N) is 1. The highest BCUT2D eigenvalue weighted by molar-refractivity contribution is 5.81. The molecule has 0 aromatic heterocycles. The summed E-state index contributed by atoms with van der Waals surface area (Å²) in [6, 6.07) is 2.81. The third-order valence-corrected chi connectivity index (χ3v) is 3.48. The van der Waals surface area contributed by atoms with Crippen LogP contribution in [0.25, 0.3) is 5.70 Å². The highest BCUT2D eigenvalue weighted by Gasteiger charge is 2.71. The number of carbonyl (C=O) groups excluding carboxylic acids is 1. The van der Waals surface area contributed by atoms with Crippen molar-refractivity contribution in [2.24, 2.45) is 0 Å². The molecule has 2 rings (SSSR count). The molecular weight excluding hydrogens is 360 g/mol. The Morgan fingerprint density at radius 3 is 2.08 bits per heavy atom. The van der Waals surface area contributed by atoms with Gasteiger partial charge in [0.2, 0.25) is 6.10 Å². The largest absolute Gasteiger partial charge is 0.467 e. The van der Waals surface area contributed by atoms with E-state index in [-0.39, 0.29) is 11.3 Å². The first kappa shape index (κ1) is 19.1. The van der Waals surface area contributed by atoms with E-state index in [9.17, 15) is 36.2 Å². The quantitative estimate of drug-likeness (QED) is 0.631. The normalized spacial score (nSPS) is 18.6. The number of ether oxygens (including phenoxy) is 1. The molecule has 2 N–H and O–H groups in total. The van der Waals surface area contributed by atoms with E-state index in [4.69, 9.17) is 4.84 Å². The molecule has 0 amide bonds. The molecule has 0 spiro atoms. The molecule has 1 unspecified atom stereocenters. The molecule has 0 fully saturated rings. The second-order valence-corrected chi connectivity index (χ2v) is 5.03. The summed E-state index contributed by atoms with van der Waals surface area (Å²) in [7, 11) is 1.11. The highest BCUT2D eigenvalue weighted by atomic mass is 19.4. The van der Waals surface area contributed by atoms with Crippen LogP contribution in [0.3, 0.4) is 0 Å². The van der Waals surface area contributed by atoms with Gasteiger partial charge in [0.1, 0.15) is 0 Å². The van der Waals surface area contributed by atoms with Crippen LogP contribution in [0, 0.1) is 0 Å². The average Bonchev–Trinajstić information content (AvgIpc) is 3.01. The number of rotatable bonds is 3. The summed E-state index contributed by atoms with van der Waals surface area (Å²) in [6.45, 7) is 0. The van der Waals surface area contributed by atoms with Gasteiger partial charge in [-0.05, 0) is 11.6 Å². The Labute approximate surface area is 136 Å². The Morgan fingerprint density at radius 2 is 1.64 bits per heavy atom. The van der Waals surface area contributed by atoms with Crippen LogP contribution in [0.1, 0.15) is 11.1 Å². The van der Waals surface area contributed by atoms with Crippen LogP contribution in [-0.4, -0.2) is 36.6 Å². The fourth-order valence-electron chi connectivity index (χ4n) is 2.11. The first-order valence-electron chi connectivity index (χ1n) is 6.60. The van der Waals surface area contributed by atoms with E-state index in [1.54, 1.807) is 0 Å². The first-order chi connectivity index (χ1) is 11.4. The molecule has 1 aromatic carbocycles. The molecule has 0 aliphatic carbocycles. The number of methoxy groups -OCH3 is 1. The Bertz CT molecular complexity index is 666. The van der Waals surface area contributed by atoms with Gasteiger partial charge in [0.05, 0.1) is 12.8 Å². The van der Waals surface area contributed by atoms with Crippen LogP contribution in [0.5, 0.6) is 0 Å². The van der Waals surface area contributed by atoms with Crippen molar-refractivity contribution in [2.75, 3.05) is 7.11 Å².